The fourth-order valence-electron chi connectivity index (χ4n) is 8.67. The van der Waals surface area contributed by atoms with E-state index < -0.39 is 0 Å². The molecule has 4 aliphatic rings. The van der Waals surface area contributed by atoms with Crippen molar-refractivity contribution in [2.75, 3.05) is 16.3 Å². The fourth-order valence-corrected chi connectivity index (χ4v) is 8.67. The van der Waals surface area contributed by atoms with Gasteiger partial charge in [-0.05, 0) is 122 Å². The highest BCUT2D eigenvalue weighted by atomic mass is 15.2. The lowest BCUT2D eigenvalue weighted by Crippen LogP contribution is -2.41. The van der Waals surface area contributed by atoms with Crippen LogP contribution in [0.15, 0.2) is 174 Å². The molecule has 4 aromatic rings. The van der Waals surface area contributed by atoms with Gasteiger partial charge in [-0.2, -0.15) is 0 Å². The van der Waals surface area contributed by atoms with Gasteiger partial charge in [-0.3, -0.25) is 0 Å². The van der Waals surface area contributed by atoms with Gasteiger partial charge in [-0.1, -0.05) is 122 Å². The number of benzene rings is 4. The highest BCUT2D eigenvalue weighted by molar-refractivity contribution is 5.97. The Morgan fingerprint density at radius 2 is 1.64 bits per heavy atom. The summed E-state index contributed by atoms with van der Waals surface area (Å²) in [4.78, 5) is 5.02. The minimum absolute atomic E-state index is 0.288. The van der Waals surface area contributed by atoms with Gasteiger partial charge in [0.05, 0.1) is 11.4 Å². The zero-order valence-electron chi connectivity index (χ0n) is 29.3. The molecule has 0 amide bonds. The molecule has 0 aromatic heterocycles. The number of hydrogen-bond acceptors (Lipinski definition) is 2. The normalized spacial score (nSPS) is 22.2. The molecule has 8 rings (SSSR count). The number of allylic oxidation sites excluding steroid dienone is 10. The molecule has 4 atom stereocenters. The predicted molar refractivity (Wildman–Crippen MR) is 213 cm³/mol. The van der Waals surface area contributed by atoms with Crippen molar-refractivity contribution < 1.29 is 0 Å². The van der Waals surface area contributed by atoms with Gasteiger partial charge < -0.3 is 9.80 Å². The van der Waals surface area contributed by atoms with Gasteiger partial charge in [0.1, 0.15) is 0 Å². The second-order valence-corrected chi connectivity index (χ2v) is 14.2. The molecule has 50 heavy (non-hydrogen) atoms. The van der Waals surface area contributed by atoms with Crippen LogP contribution in [0.5, 0.6) is 0 Å². The molecule has 250 valence electrons. The van der Waals surface area contributed by atoms with E-state index in [9.17, 15) is 0 Å². The van der Waals surface area contributed by atoms with Gasteiger partial charge in [0.2, 0.25) is 0 Å². The quantitative estimate of drug-likeness (QED) is 0.0904. The third-order valence-electron chi connectivity index (χ3n) is 11.2. The maximum absolute atomic E-state index is 3.69. The molecule has 0 spiro atoms. The van der Waals surface area contributed by atoms with E-state index in [4.69, 9.17) is 0 Å². The fraction of sp³-hybridized carbons (Fsp3) is 0.271. The first kappa shape index (κ1) is 32.2. The second-order valence-electron chi connectivity index (χ2n) is 14.2. The van der Waals surface area contributed by atoms with Crippen LogP contribution in [-0.4, -0.2) is 6.54 Å². The molecule has 2 heteroatoms. The smallest absolute Gasteiger partial charge is 0.0884 e. The van der Waals surface area contributed by atoms with Crippen molar-refractivity contribution in [1.82, 2.24) is 0 Å². The Bertz CT molecular complexity index is 2030. The Kier molecular flexibility index (Phi) is 9.55. The Labute approximate surface area is 298 Å². The summed E-state index contributed by atoms with van der Waals surface area (Å²) in [5, 5.41) is 2.47. The second kappa shape index (κ2) is 14.8. The molecule has 0 saturated heterocycles. The molecule has 0 heterocycles. The number of para-hydroxylation sites is 1. The number of unbranched alkanes of at least 4 members (excludes halogenated alkanes) is 1. The molecule has 4 aliphatic carbocycles. The predicted octanol–water partition coefficient (Wildman–Crippen LogP) is 12.7. The Morgan fingerprint density at radius 1 is 0.800 bits per heavy atom. The zero-order chi connectivity index (χ0) is 33.7. The Balaban J connectivity index is 1.07. The summed E-state index contributed by atoms with van der Waals surface area (Å²) >= 11 is 0. The van der Waals surface area contributed by atoms with E-state index in [1.54, 1.807) is 11.3 Å². The van der Waals surface area contributed by atoms with E-state index in [1.165, 1.54) is 47.0 Å². The lowest BCUT2D eigenvalue weighted by Gasteiger charge is -2.49. The van der Waals surface area contributed by atoms with Gasteiger partial charge in [-0.25, -0.2) is 0 Å². The van der Waals surface area contributed by atoms with E-state index in [0.717, 1.165) is 49.5 Å². The van der Waals surface area contributed by atoms with Crippen LogP contribution in [0.4, 0.5) is 17.1 Å². The molecular formula is C48H48N2. The molecule has 4 aromatic carbocycles. The van der Waals surface area contributed by atoms with Gasteiger partial charge in [0, 0.05) is 34.9 Å². The highest BCUT2D eigenvalue weighted by Gasteiger charge is 2.45. The summed E-state index contributed by atoms with van der Waals surface area (Å²) in [6.07, 6.45) is 29.2. The first-order valence-electron chi connectivity index (χ1n) is 18.8. The van der Waals surface area contributed by atoms with Gasteiger partial charge in [0.25, 0.3) is 0 Å². The minimum atomic E-state index is 0.288. The van der Waals surface area contributed by atoms with Crippen molar-refractivity contribution in [3.63, 3.8) is 0 Å². The van der Waals surface area contributed by atoms with Crippen LogP contribution < -0.4 is 9.80 Å². The lowest BCUT2D eigenvalue weighted by molar-refractivity contribution is 0.125. The average molecular weight is 653 g/mol. The van der Waals surface area contributed by atoms with Crippen molar-refractivity contribution in [2.24, 2.45) is 17.8 Å². The Morgan fingerprint density at radius 3 is 2.52 bits per heavy atom. The van der Waals surface area contributed by atoms with Gasteiger partial charge >= 0.3 is 0 Å². The summed E-state index contributed by atoms with van der Waals surface area (Å²) in [5.74, 6) is 2.55. The van der Waals surface area contributed by atoms with Crippen molar-refractivity contribution in [3.8, 4) is 0 Å². The summed E-state index contributed by atoms with van der Waals surface area (Å²) in [6, 6.07) is 35.4. The Hall–Kier alpha value is -5.04. The number of anilines is 3. The molecule has 0 aliphatic heterocycles. The van der Waals surface area contributed by atoms with E-state index in [-0.39, 0.29) is 5.92 Å². The van der Waals surface area contributed by atoms with Crippen molar-refractivity contribution in [3.05, 3.63) is 180 Å². The van der Waals surface area contributed by atoms with Crippen LogP contribution in [0.1, 0.15) is 63.4 Å². The van der Waals surface area contributed by atoms with E-state index in [0.29, 0.717) is 11.8 Å². The van der Waals surface area contributed by atoms with Crippen LogP contribution in [0.3, 0.4) is 0 Å². The number of rotatable bonds is 11. The molecule has 3 unspecified atom stereocenters. The first-order valence-corrected chi connectivity index (χ1v) is 18.8. The van der Waals surface area contributed by atoms with Crippen LogP contribution in [0.2, 0.25) is 0 Å². The molecule has 1 saturated carbocycles. The van der Waals surface area contributed by atoms with E-state index in [1.807, 2.05) is 0 Å². The maximum atomic E-state index is 3.69. The monoisotopic (exact) mass is 652 g/mol. The van der Waals surface area contributed by atoms with Crippen LogP contribution in [0.25, 0.3) is 10.8 Å². The van der Waals surface area contributed by atoms with E-state index in [2.05, 4.69) is 174 Å². The van der Waals surface area contributed by atoms with Crippen LogP contribution in [-0.2, 0) is 0 Å². The standard InChI is InChI=1S/C48H48N2/c1-2-3-4-5-13-34-49(46-33-29-40-35-39-17-10-12-24-45(46)48(39)40)41-30-26-37(27-31-41)36-18-14-22-43(32-28-36)50(42-20-7-6-8-21-42)47-25-15-19-38-16-9-11-23-44(38)47/h3-4,6-12,14-17,19-21,23-28,30-32,36,39-40,48H,2,5,13,18,29,33-35H2,1H3/b4-3-/t36?,39?,40-,48?/m0/s1. The van der Waals surface area contributed by atoms with E-state index >= 15 is 0 Å². The molecular weight excluding hydrogens is 605 g/mol. The summed E-state index contributed by atoms with van der Waals surface area (Å²) < 4.78 is 0. The summed E-state index contributed by atoms with van der Waals surface area (Å²) in [7, 11) is 0. The van der Waals surface area contributed by atoms with Gasteiger partial charge in [0.15, 0.2) is 0 Å². The molecule has 1 fully saturated rings. The van der Waals surface area contributed by atoms with Crippen molar-refractivity contribution >= 4 is 27.8 Å². The highest BCUT2D eigenvalue weighted by Crippen LogP contribution is 2.54. The van der Waals surface area contributed by atoms with Crippen molar-refractivity contribution in [1.29, 1.82) is 0 Å². The van der Waals surface area contributed by atoms with Crippen LogP contribution >= 0.6 is 0 Å². The third-order valence-corrected chi connectivity index (χ3v) is 11.2. The molecule has 2 nitrogen and oxygen atoms in total. The number of fused-ring (bicyclic) bond motifs is 1. The van der Waals surface area contributed by atoms with Crippen molar-refractivity contribution in [2.45, 2.75) is 57.8 Å². The largest absolute Gasteiger partial charge is 0.345 e. The average Bonchev–Trinajstić information content (AvgIpc) is 3.51. The SMILES string of the molecule is CC/C=C\CCCN(C1=C2C=CC=CC3C[C@H](CC1)C23)c1ccc(C2C=CC(N(c3ccccc3)c3cccc4ccccc34)=C=CC2)cc1. The molecule has 0 radical (unpaired) electrons. The number of nitrogens with zero attached hydrogens (tertiary/aromatic N) is 2. The number of hydrogen-bond donors (Lipinski definition) is 0. The molecule has 0 bridgehead atoms. The maximum Gasteiger partial charge on any atom is 0.0884 e. The van der Waals surface area contributed by atoms with Gasteiger partial charge in [-0.15, -0.1) is 0 Å². The zero-order valence-corrected chi connectivity index (χ0v) is 29.3. The third kappa shape index (κ3) is 6.49. The minimum Gasteiger partial charge on any atom is -0.345 e. The molecule has 0 N–H and O–H groups in total. The van der Waals surface area contributed by atoms with Crippen LogP contribution in [0, 0.1) is 17.8 Å². The summed E-state index contributed by atoms with van der Waals surface area (Å²) in [6.45, 7) is 3.27. The topological polar surface area (TPSA) is 6.48 Å². The first-order chi connectivity index (χ1) is 24.8. The summed E-state index contributed by atoms with van der Waals surface area (Å²) in [5.41, 5.74) is 12.9. The lowest BCUT2D eigenvalue weighted by atomic mass is 9.57.